The minimum absolute atomic E-state index is 0.0258. The molecule has 0 spiro atoms. The van der Waals surface area contributed by atoms with Crippen molar-refractivity contribution in [1.29, 1.82) is 0 Å². The van der Waals surface area contributed by atoms with Gasteiger partial charge >= 0.3 is 0 Å². The molecule has 2 unspecified atom stereocenters. The van der Waals surface area contributed by atoms with Gasteiger partial charge in [-0.15, -0.1) is 0 Å². The molecule has 0 aromatic carbocycles. The maximum atomic E-state index is 12.3. The Morgan fingerprint density at radius 2 is 1.95 bits per heavy atom. The Kier molecular flexibility index (Phi) is 6.15. The second kappa shape index (κ2) is 7.41. The summed E-state index contributed by atoms with van der Waals surface area (Å²) in [5.74, 6) is -0.0237. The lowest BCUT2D eigenvalue weighted by Gasteiger charge is -2.14. The lowest BCUT2D eigenvalue weighted by molar-refractivity contribution is 0.0934. The fourth-order valence-corrected chi connectivity index (χ4v) is 2.72. The zero-order valence-electron chi connectivity index (χ0n) is 13.5. The molecule has 0 bridgehead atoms. The average molecular weight is 294 g/mol. The third-order valence-electron chi connectivity index (χ3n) is 3.58. The van der Waals surface area contributed by atoms with Gasteiger partial charge in [0.15, 0.2) is 5.78 Å². The minimum Gasteiger partial charge on any atom is -0.393 e. The summed E-state index contributed by atoms with van der Waals surface area (Å²) in [5, 5.41) is 12.2. The van der Waals surface area contributed by atoms with Crippen LogP contribution in [0, 0.1) is 12.8 Å². The largest absolute Gasteiger partial charge is 0.393 e. The van der Waals surface area contributed by atoms with Crippen LogP contribution in [0.2, 0.25) is 0 Å². The molecular formula is C16H26N2O3. The molecule has 1 heterocycles. The third-order valence-corrected chi connectivity index (χ3v) is 3.58. The normalized spacial score (nSPS) is 13.8. The quantitative estimate of drug-likeness (QED) is 0.674. The topological polar surface area (TPSA) is 82.2 Å². The highest BCUT2D eigenvalue weighted by Gasteiger charge is 2.21. The highest BCUT2D eigenvalue weighted by Crippen LogP contribution is 2.20. The van der Waals surface area contributed by atoms with Crippen LogP contribution in [-0.2, 0) is 6.42 Å². The maximum Gasteiger partial charge on any atom is 0.268 e. The Balaban J connectivity index is 2.84. The van der Waals surface area contributed by atoms with Crippen LogP contribution in [0.1, 0.15) is 66.2 Å². The Hall–Kier alpha value is -1.62. The molecule has 0 fully saturated rings. The van der Waals surface area contributed by atoms with E-state index < -0.39 is 0 Å². The first kappa shape index (κ1) is 17.4. The molecule has 0 aliphatic carbocycles. The van der Waals surface area contributed by atoms with Gasteiger partial charge in [-0.1, -0.05) is 13.8 Å². The molecule has 1 amide bonds. The summed E-state index contributed by atoms with van der Waals surface area (Å²) in [6.07, 6.45) is 0.898. The van der Waals surface area contributed by atoms with Crippen molar-refractivity contribution in [2.45, 2.75) is 53.6 Å². The Morgan fingerprint density at radius 1 is 1.33 bits per heavy atom. The predicted octanol–water partition coefficient (Wildman–Crippen LogP) is 2.22. The standard InChI is InChI=1S/C16H26N2O3/c1-6-13-14(12(5)20)11(4)18-15(13)16(21)17-8-9(2)7-10(3)19/h9-10,18-19H,6-8H2,1-5H3,(H,17,21). The van der Waals surface area contributed by atoms with Crippen molar-refractivity contribution in [3.8, 4) is 0 Å². The molecule has 2 atom stereocenters. The molecule has 0 saturated carbocycles. The molecule has 5 nitrogen and oxygen atoms in total. The number of Topliss-reactive ketones (excluding diaryl/α,β-unsaturated/α-hetero) is 1. The molecule has 0 aliphatic rings. The number of rotatable bonds is 7. The van der Waals surface area contributed by atoms with Crippen molar-refractivity contribution >= 4 is 11.7 Å². The molecule has 5 heteroatoms. The first-order valence-corrected chi connectivity index (χ1v) is 7.46. The van der Waals surface area contributed by atoms with Crippen molar-refractivity contribution in [3.05, 3.63) is 22.5 Å². The van der Waals surface area contributed by atoms with Gasteiger partial charge in [0, 0.05) is 17.8 Å². The van der Waals surface area contributed by atoms with Crippen LogP contribution < -0.4 is 5.32 Å². The molecule has 21 heavy (non-hydrogen) atoms. The van der Waals surface area contributed by atoms with Crippen LogP contribution in [0.3, 0.4) is 0 Å². The van der Waals surface area contributed by atoms with Gasteiger partial charge in [-0.05, 0) is 45.1 Å². The number of amides is 1. The zero-order valence-corrected chi connectivity index (χ0v) is 13.5. The number of aryl methyl sites for hydroxylation is 1. The monoisotopic (exact) mass is 294 g/mol. The van der Waals surface area contributed by atoms with Crippen LogP contribution in [-0.4, -0.2) is 34.4 Å². The van der Waals surface area contributed by atoms with Gasteiger partial charge in [0.1, 0.15) is 5.69 Å². The molecule has 0 aliphatic heterocycles. The van der Waals surface area contributed by atoms with Gasteiger partial charge in [-0.25, -0.2) is 0 Å². The number of carbonyl (C=O) groups is 2. The Morgan fingerprint density at radius 3 is 2.43 bits per heavy atom. The van der Waals surface area contributed by atoms with Crippen LogP contribution in [0.25, 0.3) is 0 Å². The van der Waals surface area contributed by atoms with E-state index in [9.17, 15) is 14.7 Å². The van der Waals surface area contributed by atoms with Crippen molar-refractivity contribution in [2.24, 2.45) is 5.92 Å². The molecule has 1 aromatic rings. The first-order valence-electron chi connectivity index (χ1n) is 7.46. The lowest BCUT2D eigenvalue weighted by Crippen LogP contribution is -2.30. The van der Waals surface area contributed by atoms with Gasteiger partial charge in [0.25, 0.3) is 5.91 Å². The number of hydrogen-bond acceptors (Lipinski definition) is 3. The minimum atomic E-state index is -0.375. The Labute approximate surface area is 126 Å². The van der Waals surface area contributed by atoms with E-state index in [0.717, 1.165) is 11.3 Å². The highest BCUT2D eigenvalue weighted by molar-refractivity contribution is 6.02. The number of aromatic amines is 1. The molecule has 1 aromatic heterocycles. The first-order chi connectivity index (χ1) is 9.77. The molecule has 118 valence electrons. The summed E-state index contributed by atoms with van der Waals surface area (Å²) in [6.45, 7) is 9.47. The zero-order chi connectivity index (χ0) is 16.2. The summed E-state index contributed by atoms with van der Waals surface area (Å²) in [5.41, 5.74) is 2.62. The third kappa shape index (κ3) is 4.43. The van der Waals surface area contributed by atoms with Crippen LogP contribution in [0.5, 0.6) is 0 Å². The Bertz CT molecular complexity index is 518. The fraction of sp³-hybridized carbons (Fsp3) is 0.625. The summed E-state index contributed by atoms with van der Waals surface area (Å²) >= 11 is 0. The lowest BCUT2D eigenvalue weighted by atomic mass is 10.0. The van der Waals surface area contributed by atoms with Gasteiger partial charge in [0.2, 0.25) is 0 Å². The smallest absolute Gasteiger partial charge is 0.268 e. The van der Waals surface area contributed by atoms with Crippen LogP contribution in [0.15, 0.2) is 0 Å². The summed E-state index contributed by atoms with van der Waals surface area (Å²) in [4.78, 5) is 27.0. The van der Waals surface area contributed by atoms with Gasteiger partial charge < -0.3 is 15.4 Å². The van der Waals surface area contributed by atoms with Crippen molar-refractivity contribution in [3.63, 3.8) is 0 Å². The van der Waals surface area contributed by atoms with E-state index in [0.29, 0.717) is 30.6 Å². The van der Waals surface area contributed by atoms with E-state index >= 15 is 0 Å². The number of hydrogen-bond donors (Lipinski definition) is 3. The summed E-state index contributed by atoms with van der Waals surface area (Å²) in [6, 6.07) is 0. The van der Waals surface area contributed by atoms with Crippen molar-refractivity contribution in [2.75, 3.05) is 6.54 Å². The van der Waals surface area contributed by atoms with E-state index in [-0.39, 0.29) is 23.7 Å². The van der Waals surface area contributed by atoms with E-state index in [2.05, 4.69) is 10.3 Å². The number of H-pyrrole nitrogens is 1. The predicted molar refractivity (Wildman–Crippen MR) is 82.7 cm³/mol. The molecule has 0 saturated heterocycles. The average Bonchev–Trinajstić information content (AvgIpc) is 2.72. The van der Waals surface area contributed by atoms with Crippen LogP contribution >= 0.6 is 0 Å². The number of aliphatic hydroxyl groups is 1. The second-order valence-electron chi connectivity index (χ2n) is 5.79. The fourth-order valence-electron chi connectivity index (χ4n) is 2.72. The van der Waals surface area contributed by atoms with E-state index in [1.54, 1.807) is 6.92 Å². The highest BCUT2D eigenvalue weighted by atomic mass is 16.3. The molecule has 3 N–H and O–H groups in total. The molecular weight excluding hydrogens is 268 g/mol. The number of ketones is 1. The van der Waals surface area contributed by atoms with Crippen LogP contribution in [0.4, 0.5) is 0 Å². The second-order valence-corrected chi connectivity index (χ2v) is 5.79. The molecule has 0 radical (unpaired) electrons. The summed E-state index contributed by atoms with van der Waals surface area (Å²) < 4.78 is 0. The number of aliphatic hydroxyl groups excluding tert-OH is 1. The van der Waals surface area contributed by atoms with Crippen molar-refractivity contribution < 1.29 is 14.7 Å². The number of carbonyl (C=O) groups excluding carboxylic acids is 2. The summed E-state index contributed by atoms with van der Waals surface area (Å²) in [7, 11) is 0. The van der Waals surface area contributed by atoms with Gasteiger partial charge in [-0.3, -0.25) is 9.59 Å². The van der Waals surface area contributed by atoms with Gasteiger partial charge in [-0.2, -0.15) is 0 Å². The SMILES string of the molecule is CCc1c(C(=O)NCC(C)CC(C)O)[nH]c(C)c1C(C)=O. The number of nitrogens with one attached hydrogen (secondary N) is 2. The van der Waals surface area contributed by atoms with Gasteiger partial charge in [0.05, 0.1) is 6.10 Å². The molecule has 1 rings (SSSR count). The van der Waals surface area contributed by atoms with E-state index in [4.69, 9.17) is 0 Å². The number of aromatic nitrogens is 1. The van der Waals surface area contributed by atoms with Crippen molar-refractivity contribution in [1.82, 2.24) is 10.3 Å². The maximum absolute atomic E-state index is 12.3. The van der Waals surface area contributed by atoms with E-state index in [1.165, 1.54) is 6.92 Å². The van der Waals surface area contributed by atoms with E-state index in [1.807, 2.05) is 20.8 Å².